The standard InChI is InChI=1S/C17H25NO3/c1-17(2,3)13-18(4)11-12-21-15-8-5-14(6-9-15)7-10-16(19)20/h5-10H,11-13H2,1-4H3,(H,19,20). The van der Waals surface area contributed by atoms with Crippen molar-refractivity contribution in [1.82, 2.24) is 4.90 Å². The van der Waals surface area contributed by atoms with Gasteiger partial charge in [0.1, 0.15) is 12.4 Å². The molecular formula is C17H25NO3. The molecule has 0 aliphatic rings. The molecule has 1 aromatic rings. The number of aliphatic carboxylic acids is 1. The van der Waals surface area contributed by atoms with Crippen molar-refractivity contribution in [1.29, 1.82) is 0 Å². The molecule has 0 atom stereocenters. The largest absolute Gasteiger partial charge is 0.492 e. The second-order valence-corrected chi connectivity index (χ2v) is 6.39. The van der Waals surface area contributed by atoms with Crippen molar-refractivity contribution < 1.29 is 14.6 Å². The van der Waals surface area contributed by atoms with Crippen LogP contribution in [0.5, 0.6) is 5.75 Å². The molecule has 4 nitrogen and oxygen atoms in total. The number of benzene rings is 1. The topological polar surface area (TPSA) is 49.8 Å². The van der Waals surface area contributed by atoms with E-state index in [2.05, 4.69) is 32.7 Å². The van der Waals surface area contributed by atoms with Gasteiger partial charge < -0.3 is 14.7 Å². The highest BCUT2D eigenvalue weighted by atomic mass is 16.5. The summed E-state index contributed by atoms with van der Waals surface area (Å²) in [4.78, 5) is 12.7. The number of carboxylic acids is 1. The number of hydrogen-bond donors (Lipinski definition) is 1. The fourth-order valence-electron chi connectivity index (χ4n) is 2.05. The van der Waals surface area contributed by atoms with E-state index < -0.39 is 5.97 Å². The normalized spacial score (nSPS) is 12.0. The molecule has 4 heteroatoms. The summed E-state index contributed by atoms with van der Waals surface area (Å²) < 4.78 is 5.69. The van der Waals surface area contributed by atoms with Crippen LogP contribution in [0.3, 0.4) is 0 Å². The molecule has 0 heterocycles. The SMILES string of the molecule is CN(CCOc1ccc(C=CC(=O)O)cc1)CC(C)(C)C. The molecule has 116 valence electrons. The van der Waals surface area contributed by atoms with Crippen molar-refractivity contribution in [2.45, 2.75) is 20.8 Å². The molecule has 1 aromatic carbocycles. The average Bonchev–Trinajstić information content (AvgIpc) is 2.35. The van der Waals surface area contributed by atoms with Gasteiger partial charge in [-0.1, -0.05) is 32.9 Å². The summed E-state index contributed by atoms with van der Waals surface area (Å²) in [5.41, 5.74) is 1.13. The molecule has 1 rings (SSSR count). The summed E-state index contributed by atoms with van der Waals surface area (Å²) in [5, 5.41) is 8.56. The highest BCUT2D eigenvalue weighted by Crippen LogP contribution is 2.15. The van der Waals surface area contributed by atoms with Gasteiger partial charge in [-0.25, -0.2) is 4.79 Å². The third-order valence-corrected chi connectivity index (χ3v) is 2.78. The zero-order valence-electron chi connectivity index (χ0n) is 13.3. The lowest BCUT2D eigenvalue weighted by Gasteiger charge is -2.26. The Bertz CT molecular complexity index is 472. The van der Waals surface area contributed by atoms with Gasteiger partial charge in [0.25, 0.3) is 0 Å². The van der Waals surface area contributed by atoms with E-state index in [9.17, 15) is 4.79 Å². The third-order valence-electron chi connectivity index (χ3n) is 2.78. The van der Waals surface area contributed by atoms with Gasteiger partial charge in [0, 0.05) is 19.2 Å². The second-order valence-electron chi connectivity index (χ2n) is 6.39. The Kier molecular flexibility index (Phi) is 6.43. The van der Waals surface area contributed by atoms with Gasteiger partial charge in [-0.2, -0.15) is 0 Å². The van der Waals surface area contributed by atoms with Gasteiger partial charge in [-0.3, -0.25) is 0 Å². The molecule has 0 aliphatic carbocycles. The molecule has 0 unspecified atom stereocenters. The maximum absolute atomic E-state index is 10.4. The minimum absolute atomic E-state index is 0.285. The first-order chi connectivity index (χ1) is 9.76. The zero-order valence-corrected chi connectivity index (χ0v) is 13.3. The van der Waals surface area contributed by atoms with Crippen LogP contribution in [-0.4, -0.2) is 42.7 Å². The summed E-state index contributed by atoms with van der Waals surface area (Å²) in [6, 6.07) is 7.39. The minimum atomic E-state index is -0.947. The Labute approximate surface area is 127 Å². The van der Waals surface area contributed by atoms with Gasteiger partial charge in [0.05, 0.1) is 0 Å². The van der Waals surface area contributed by atoms with E-state index >= 15 is 0 Å². The van der Waals surface area contributed by atoms with Crippen LogP contribution in [0.15, 0.2) is 30.3 Å². The Morgan fingerprint density at radius 1 is 1.29 bits per heavy atom. The monoisotopic (exact) mass is 291 g/mol. The van der Waals surface area contributed by atoms with Crippen molar-refractivity contribution in [2.24, 2.45) is 5.41 Å². The molecule has 21 heavy (non-hydrogen) atoms. The number of nitrogens with zero attached hydrogens (tertiary/aromatic N) is 1. The van der Waals surface area contributed by atoms with E-state index in [1.54, 1.807) is 6.08 Å². The Morgan fingerprint density at radius 3 is 2.43 bits per heavy atom. The Morgan fingerprint density at radius 2 is 1.90 bits per heavy atom. The summed E-state index contributed by atoms with van der Waals surface area (Å²) in [7, 11) is 2.09. The van der Waals surface area contributed by atoms with Gasteiger partial charge >= 0.3 is 5.97 Å². The molecular weight excluding hydrogens is 266 g/mol. The first-order valence-electron chi connectivity index (χ1n) is 7.09. The van der Waals surface area contributed by atoms with Crippen LogP contribution >= 0.6 is 0 Å². The van der Waals surface area contributed by atoms with Crippen molar-refractivity contribution in [3.05, 3.63) is 35.9 Å². The quantitative estimate of drug-likeness (QED) is 0.784. The van der Waals surface area contributed by atoms with E-state index in [0.29, 0.717) is 6.61 Å². The van der Waals surface area contributed by atoms with Crippen LogP contribution in [-0.2, 0) is 4.79 Å². The fraction of sp³-hybridized carbons (Fsp3) is 0.471. The molecule has 0 aliphatic heterocycles. The number of ether oxygens (including phenoxy) is 1. The van der Waals surface area contributed by atoms with Crippen molar-refractivity contribution >= 4 is 12.0 Å². The van der Waals surface area contributed by atoms with E-state index in [0.717, 1.165) is 30.5 Å². The first kappa shape index (κ1) is 17.2. The second kappa shape index (κ2) is 7.84. The number of carbonyl (C=O) groups is 1. The molecule has 0 saturated carbocycles. The summed E-state index contributed by atoms with van der Waals surface area (Å²) in [5.74, 6) is -0.149. The summed E-state index contributed by atoms with van der Waals surface area (Å²) in [6.07, 6.45) is 2.68. The molecule has 0 radical (unpaired) electrons. The van der Waals surface area contributed by atoms with Gasteiger partial charge in [0.2, 0.25) is 0 Å². The lowest BCUT2D eigenvalue weighted by Crippen LogP contribution is -2.32. The summed E-state index contributed by atoms with van der Waals surface area (Å²) in [6.45, 7) is 9.18. The van der Waals surface area contributed by atoms with E-state index in [1.807, 2.05) is 24.3 Å². The zero-order chi connectivity index (χ0) is 15.9. The highest BCUT2D eigenvalue weighted by Gasteiger charge is 2.13. The minimum Gasteiger partial charge on any atom is -0.492 e. The lowest BCUT2D eigenvalue weighted by atomic mass is 9.96. The molecule has 0 fully saturated rings. The molecule has 0 saturated heterocycles. The van der Waals surface area contributed by atoms with Crippen molar-refractivity contribution in [3.63, 3.8) is 0 Å². The van der Waals surface area contributed by atoms with Gasteiger partial charge in [-0.15, -0.1) is 0 Å². The molecule has 0 bridgehead atoms. The van der Waals surface area contributed by atoms with Crippen molar-refractivity contribution in [3.8, 4) is 5.75 Å². The third kappa shape index (κ3) is 8.15. The maximum Gasteiger partial charge on any atom is 0.328 e. The van der Waals surface area contributed by atoms with Crippen LogP contribution in [0.2, 0.25) is 0 Å². The highest BCUT2D eigenvalue weighted by molar-refractivity contribution is 5.85. The predicted octanol–water partition coefficient (Wildman–Crippen LogP) is 3.14. The van der Waals surface area contributed by atoms with Crippen molar-refractivity contribution in [2.75, 3.05) is 26.7 Å². The van der Waals surface area contributed by atoms with Gasteiger partial charge in [-0.05, 0) is 36.2 Å². The molecule has 0 aromatic heterocycles. The van der Waals surface area contributed by atoms with E-state index in [4.69, 9.17) is 9.84 Å². The molecule has 0 spiro atoms. The number of rotatable bonds is 7. The van der Waals surface area contributed by atoms with Crippen LogP contribution in [0.1, 0.15) is 26.3 Å². The predicted molar refractivity (Wildman–Crippen MR) is 85.6 cm³/mol. The average molecular weight is 291 g/mol. The smallest absolute Gasteiger partial charge is 0.328 e. The maximum atomic E-state index is 10.4. The summed E-state index contributed by atoms with van der Waals surface area (Å²) >= 11 is 0. The van der Waals surface area contributed by atoms with Crippen LogP contribution in [0, 0.1) is 5.41 Å². The number of carboxylic acid groups (broad SMARTS) is 1. The van der Waals surface area contributed by atoms with Crippen LogP contribution in [0.25, 0.3) is 6.08 Å². The first-order valence-corrected chi connectivity index (χ1v) is 7.09. The Balaban J connectivity index is 2.38. The van der Waals surface area contributed by atoms with E-state index in [-0.39, 0.29) is 5.41 Å². The molecule has 1 N–H and O–H groups in total. The lowest BCUT2D eigenvalue weighted by molar-refractivity contribution is -0.131. The van der Waals surface area contributed by atoms with Crippen LogP contribution in [0.4, 0.5) is 0 Å². The Hall–Kier alpha value is -1.81. The van der Waals surface area contributed by atoms with Crippen LogP contribution < -0.4 is 4.74 Å². The molecule has 0 amide bonds. The van der Waals surface area contributed by atoms with Gasteiger partial charge in [0.15, 0.2) is 0 Å². The number of likely N-dealkylation sites (N-methyl/N-ethyl adjacent to an activating group) is 1. The number of hydrogen-bond acceptors (Lipinski definition) is 3. The van der Waals surface area contributed by atoms with E-state index in [1.165, 1.54) is 0 Å². The fourth-order valence-corrected chi connectivity index (χ4v) is 2.05.